The fraction of sp³-hybridized carbons (Fsp3) is 0.636. The quantitative estimate of drug-likeness (QED) is 0.840. The molecule has 1 aliphatic heterocycles. The molecule has 1 aliphatic rings. The normalized spacial score (nSPS) is 21.7. The Labute approximate surface area is 121 Å². The second kappa shape index (κ2) is 5.92. The summed E-state index contributed by atoms with van der Waals surface area (Å²) in [6, 6.07) is 1.39. The minimum absolute atomic E-state index is 0.0631. The number of halogens is 1. The molecule has 8 heteroatoms. The van der Waals surface area contributed by atoms with E-state index in [0.717, 1.165) is 25.9 Å². The molecular weight excluding hydrogens is 334 g/mol. The molecule has 0 spiro atoms. The first-order chi connectivity index (χ1) is 8.92. The monoisotopic (exact) mass is 351 g/mol. The van der Waals surface area contributed by atoms with Crippen LogP contribution in [0.3, 0.4) is 0 Å². The molecule has 1 atom stereocenters. The smallest absolute Gasteiger partial charge is 0.245 e. The van der Waals surface area contributed by atoms with Gasteiger partial charge in [-0.1, -0.05) is 0 Å². The number of nitrogens with zero attached hydrogens (tertiary/aromatic N) is 1. The van der Waals surface area contributed by atoms with Gasteiger partial charge in [0.2, 0.25) is 10.0 Å². The van der Waals surface area contributed by atoms with E-state index in [1.165, 1.54) is 6.07 Å². The lowest BCUT2D eigenvalue weighted by atomic mass is 10.1. The lowest BCUT2D eigenvalue weighted by Crippen LogP contribution is -2.46. The Morgan fingerprint density at radius 3 is 2.95 bits per heavy atom. The van der Waals surface area contributed by atoms with Gasteiger partial charge in [-0.2, -0.15) is 0 Å². The fourth-order valence-corrected chi connectivity index (χ4v) is 4.49. The van der Waals surface area contributed by atoms with Gasteiger partial charge in [-0.15, -0.1) is 0 Å². The maximum atomic E-state index is 12.3. The minimum Gasteiger partial charge on any atom is -0.452 e. The van der Waals surface area contributed by atoms with E-state index in [4.69, 9.17) is 10.2 Å². The summed E-state index contributed by atoms with van der Waals surface area (Å²) >= 11 is 3.12. The van der Waals surface area contributed by atoms with Gasteiger partial charge in [-0.05, 0) is 42.4 Å². The Bertz CT molecular complexity index is 543. The van der Waals surface area contributed by atoms with Crippen LogP contribution in [0.4, 0.5) is 0 Å². The fourth-order valence-electron chi connectivity index (χ4n) is 2.23. The van der Waals surface area contributed by atoms with Gasteiger partial charge in [0.1, 0.15) is 10.7 Å². The van der Waals surface area contributed by atoms with Gasteiger partial charge in [0, 0.05) is 18.7 Å². The Hall–Kier alpha value is -0.410. The van der Waals surface area contributed by atoms with Crippen LogP contribution in [0.25, 0.3) is 0 Å². The number of sulfonamides is 1. The molecule has 1 fully saturated rings. The van der Waals surface area contributed by atoms with Crippen molar-refractivity contribution in [3.8, 4) is 0 Å². The first-order valence-corrected chi connectivity index (χ1v) is 8.39. The van der Waals surface area contributed by atoms with E-state index < -0.39 is 10.0 Å². The third-order valence-corrected chi connectivity index (χ3v) is 5.52. The molecule has 2 heterocycles. The zero-order chi connectivity index (χ0) is 14.0. The van der Waals surface area contributed by atoms with Crippen molar-refractivity contribution < 1.29 is 12.8 Å². The van der Waals surface area contributed by atoms with Crippen LogP contribution in [0.2, 0.25) is 0 Å². The molecule has 0 aliphatic carbocycles. The zero-order valence-electron chi connectivity index (χ0n) is 10.7. The minimum atomic E-state index is -3.58. The number of nitrogens with one attached hydrogen (secondary N) is 1. The molecule has 1 saturated heterocycles. The number of hydrogen-bond acceptors (Lipinski definition) is 5. The maximum absolute atomic E-state index is 12.3. The van der Waals surface area contributed by atoms with Gasteiger partial charge in [0.25, 0.3) is 0 Å². The Kier molecular flexibility index (Phi) is 4.67. The summed E-state index contributed by atoms with van der Waals surface area (Å²) in [6.07, 6.45) is 1.84. The zero-order valence-corrected chi connectivity index (χ0v) is 13.1. The summed E-state index contributed by atoms with van der Waals surface area (Å²) in [4.78, 5) is 2.23. The van der Waals surface area contributed by atoms with Crippen LogP contribution >= 0.6 is 15.9 Å². The molecule has 108 valence electrons. The van der Waals surface area contributed by atoms with Crippen molar-refractivity contribution in [1.82, 2.24) is 9.62 Å². The number of nitrogens with two attached hydrogens (primary N) is 1. The summed E-state index contributed by atoms with van der Waals surface area (Å²) in [6.45, 7) is 1.89. The molecule has 0 bridgehead atoms. The van der Waals surface area contributed by atoms with Crippen LogP contribution in [0.1, 0.15) is 18.6 Å². The lowest BCUT2D eigenvalue weighted by Gasteiger charge is -2.29. The Balaban J connectivity index is 2.15. The van der Waals surface area contributed by atoms with E-state index in [0.29, 0.717) is 5.76 Å². The average Bonchev–Trinajstić information content (AvgIpc) is 2.71. The van der Waals surface area contributed by atoms with Gasteiger partial charge >= 0.3 is 0 Å². The van der Waals surface area contributed by atoms with Crippen LogP contribution in [-0.4, -0.2) is 39.5 Å². The summed E-state index contributed by atoms with van der Waals surface area (Å²) in [5.41, 5.74) is 5.44. The van der Waals surface area contributed by atoms with E-state index >= 15 is 0 Å². The van der Waals surface area contributed by atoms with Gasteiger partial charge in [0.15, 0.2) is 4.67 Å². The summed E-state index contributed by atoms with van der Waals surface area (Å²) in [5, 5.41) is 0. The van der Waals surface area contributed by atoms with Crippen molar-refractivity contribution in [2.45, 2.75) is 30.3 Å². The van der Waals surface area contributed by atoms with Crippen LogP contribution in [0.15, 0.2) is 20.0 Å². The maximum Gasteiger partial charge on any atom is 0.245 e. The molecule has 3 N–H and O–H groups in total. The lowest BCUT2D eigenvalue weighted by molar-refractivity contribution is 0.242. The van der Waals surface area contributed by atoms with Crippen LogP contribution in [0.5, 0.6) is 0 Å². The van der Waals surface area contributed by atoms with E-state index in [-0.39, 0.29) is 22.2 Å². The third-order valence-electron chi connectivity index (χ3n) is 3.14. The number of rotatable bonds is 4. The van der Waals surface area contributed by atoms with Crippen molar-refractivity contribution in [1.29, 1.82) is 0 Å². The molecule has 1 aromatic rings. The van der Waals surface area contributed by atoms with Crippen molar-refractivity contribution in [3.63, 3.8) is 0 Å². The van der Waals surface area contributed by atoms with Crippen LogP contribution < -0.4 is 10.5 Å². The molecule has 0 saturated carbocycles. The van der Waals surface area contributed by atoms with Crippen molar-refractivity contribution >= 4 is 26.0 Å². The highest BCUT2D eigenvalue weighted by atomic mass is 79.9. The Morgan fingerprint density at radius 1 is 1.63 bits per heavy atom. The highest BCUT2D eigenvalue weighted by molar-refractivity contribution is 9.10. The molecule has 2 rings (SSSR count). The second-order valence-corrected chi connectivity index (χ2v) is 7.18. The van der Waals surface area contributed by atoms with Crippen molar-refractivity contribution in [2.75, 3.05) is 20.1 Å². The number of hydrogen-bond donors (Lipinski definition) is 2. The predicted molar refractivity (Wildman–Crippen MR) is 75.1 cm³/mol. The van der Waals surface area contributed by atoms with Crippen molar-refractivity contribution in [2.24, 2.45) is 5.73 Å². The number of likely N-dealkylation sites (tertiary alicyclic amines) is 1. The van der Waals surface area contributed by atoms with Gasteiger partial charge in [-0.3, -0.25) is 0 Å². The highest BCUT2D eigenvalue weighted by Crippen LogP contribution is 2.26. The summed E-state index contributed by atoms with van der Waals surface area (Å²) in [5.74, 6) is 0.438. The standard InChI is InChI=1S/C11H18BrN3O3S/c1-15-4-2-3-8(7-15)14-19(16,17)10-5-9(6-13)18-11(10)12/h5,8,14H,2-4,6-7,13H2,1H3. The number of likely N-dealkylation sites (N-methyl/N-ethyl adjacent to an activating group) is 1. The number of furan rings is 1. The van der Waals surface area contributed by atoms with E-state index in [2.05, 4.69) is 25.6 Å². The van der Waals surface area contributed by atoms with Gasteiger partial charge < -0.3 is 15.1 Å². The topological polar surface area (TPSA) is 88.6 Å². The SMILES string of the molecule is CN1CCCC(NS(=O)(=O)c2cc(CN)oc2Br)C1. The highest BCUT2D eigenvalue weighted by Gasteiger charge is 2.27. The summed E-state index contributed by atoms with van der Waals surface area (Å²) < 4.78 is 32.7. The molecule has 1 unspecified atom stereocenters. The van der Waals surface area contributed by atoms with Crippen LogP contribution in [-0.2, 0) is 16.6 Å². The van der Waals surface area contributed by atoms with Crippen LogP contribution in [0, 0.1) is 0 Å². The van der Waals surface area contributed by atoms with Gasteiger partial charge in [-0.25, -0.2) is 13.1 Å². The molecule has 0 amide bonds. The molecule has 6 nitrogen and oxygen atoms in total. The second-order valence-electron chi connectivity index (χ2n) is 4.78. The van der Waals surface area contributed by atoms with Gasteiger partial charge in [0.05, 0.1) is 6.54 Å². The van der Waals surface area contributed by atoms with Crippen molar-refractivity contribution in [3.05, 3.63) is 16.5 Å². The number of piperidine rings is 1. The summed E-state index contributed by atoms with van der Waals surface area (Å²) in [7, 11) is -1.59. The largest absolute Gasteiger partial charge is 0.452 e. The molecular formula is C11H18BrN3O3S. The molecule has 0 radical (unpaired) electrons. The third kappa shape index (κ3) is 3.57. The van der Waals surface area contributed by atoms with E-state index in [9.17, 15) is 8.42 Å². The predicted octanol–water partition coefficient (Wildman–Crippen LogP) is 0.873. The average molecular weight is 352 g/mol. The Morgan fingerprint density at radius 2 is 2.37 bits per heavy atom. The first kappa shape index (κ1) is 15.0. The van der Waals surface area contributed by atoms with E-state index in [1.54, 1.807) is 0 Å². The molecule has 19 heavy (non-hydrogen) atoms. The first-order valence-electron chi connectivity index (χ1n) is 6.11. The van der Waals surface area contributed by atoms with E-state index in [1.807, 2.05) is 7.05 Å². The molecule has 1 aromatic heterocycles. The molecule has 0 aromatic carbocycles.